The summed E-state index contributed by atoms with van der Waals surface area (Å²) < 4.78 is 5.36. The van der Waals surface area contributed by atoms with Crippen LogP contribution in [0.15, 0.2) is 36.5 Å². The summed E-state index contributed by atoms with van der Waals surface area (Å²) in [6.45, 7) is 0.142. The lowest BCUT2D eigenvalue weighted by Crippen LogP contribution is -2.44. The molecular formula is C16H17N3O4. The molecule has 3 rings (SSSR count). The smallest absolute Gasteiger partial charge is 0.415 e. The van der Waals surface area contributed by atoms with Crippen molar-refractivity contribution >= 4 is 17.7 Å². The van der Waals surface area contributed by atoms with E-state index >= 15 is 0 Å². The van der Waals surface area contributed by atoms with E-state index in [0.29, 0.717) is 18.5 Å². The number of nitrogens with one attached hydrogen (secondary N) is 1. The number of benzene rings is 1. The molecule has 1 aliphatic heterocycles. The molecule has 2 N–H and O–H groups in total. The molecule has 0 aliphatic carbocycles. The summed E-state index contributed by atoms with van der Waals surface area (Å²) in [6.07, 6.45) is 2.08. The molecule has 0 saturated heterocycles. The monoisotopic (exact) mass is 315 g/mol. The third-order valence-electron chi connectivity index (χ3n) is 3.86. The highest BCUT2D eigenvalue weighted by Crippen LogP contribution is 2.31. The molecule has 1 unspecified atom stereocenters. The van der Waals surface area contributed by atoms with Crippen molar-refractivity contribution in [2.75, 3.05) is 4.90 Å². The van der Waals surface area contributed by atoms with Gasteiger partial charge in [-0.15, -0.1) is 0 Å². The fourth-order valence-electron chi connectivity index (χ4n) is 2.77. The lowest BCUT2D eigenvalue weighted by molar-refractivity contribution is -0.137. The third-order valence-corrected chi connectivity index (χ3v) is 3.86. The van der Waals surface area contributed by atoms with Gasteiger partial charge in [0.1, 0.15) is 6.61 Å². The number of aliphatic carboxylic acids is 1. The average Bonchev–Trinajstić information content (AvgIpc) is 3.01. The molecule has 120 valence electrons. The number of carboxylic acid groups (broad SMARTS) is 1. The molecule has 1 amide bonds. The first-order chi connectivity index (χ1) is 11.1. The first-order valence-corrected chi connectivity index (χ1v) is 7.39. The van der Waals surface area contributed by atoms with Crippen molar-refractivity contribution in [3.63, 3.8) is 0 Å². The summed E-state index contributed by atoms with van der Waals surface area (Å²) in [5.41, 5.74) is 2.30. The Morgan fingerprint density at radius 2 is 2.13 bits per heavy atom. The van der Waals surface area contributed by atoms with Crippen LogP contribution in [0.2, 0.25) is 0 Å². The van der Waals surface area contributed by atoms with Gasteiger partial charge in [-0.25, -0.2) is 4.79 Å². The Morgan fingerprint density at radius 3 is 2.87 bits per heavy atom. The van der Waals surface area contributed by atoms with Gasteiger partial charge in [0.25, 0.3) is 0 Å². The SMILES string of the molecule is O=C(O)CC1CCc2[nH]ncc2N1C(=O)OCc1ccccc1. The Kier molecular flexibility index (Phi) is 4.27. The first-order valence-electron chi connectivity index (χ1n) is 7.39. The van der Waals surface area contributed by atoms with Crippen molar-refractivity contribution in [1.29, 1.82) is 0 Å². The molecule has 0 fully saturated rings. The molecule has 0 spiro atoms. The topological polar surface area (TPSA) is 95.5 Å². The van der Waals surface area contributed by atoms with E-state index in [4.69, 9.17) is 9.84 Å². The molecule has 7 nitrogen and oxygen atoms in total. The molecule has 1 aromatic heterocycles. The Balaban J connectivity index is 1.76. The van der Waals surface area contributed by atoms with Crippen molar-refractivity contribution in [1.82, 2.24) is 10.2 Å². The lowest BCUT2D eigenvalue weighted by Gasteiger charge is -2.33. The summed E-state index contributed by atoms with van der Waals surface area (Å²) in [5, 5.41) is 15.9. The zero-order valence-corrected chi connectivity index (χ0v) is 12.4. The number of carbonyl (C=O) groups excluding carboxylic acids is 1. The van der Waals surface area contributed by atoms with Gasteiger partial charge in [0.05, 0.1) is 30.0 Å². The van der Waals surface area contributed by atoms with Crippen molar-refractivity contribution in [3.8, 4) is 0 Å². The molecule has 0 bridgehead atoms. The minimum Gasteiger partial charge on any atom is -0.481 e. The van der Waals surface area contributed by atoms with Gasteiger partial charge in [-0.05, 0) is 18.4 Å². The molecule has 0 radical (unpaired) electrons. The second kappa shape index (κ2) is 6.51. The van der Waals surface area contributed by atoms with Gasteiger partial charge in [0.2, 0.25) is 0 Å². The number of hydrogen-bond acceptors (Lipinski definition) is 4. The number of nitrogens with zero attached hydrogens (tertiary/aromatic N) is 2. The van der Waals surface area contributed by atoms with E-state index in [2.05, 4.69) is 10.2 Å². The number of anilines is 1. The number of carbonyl (C=O) groups is 2. The molecule has 2 aromatic rings. The minimum atomic E-state index is -0.942. The van der Waals surface area contributed by atoms with Gasteiger partial charge in [0.15, 0.2) is 0 Å². The standard InChI is InChI=1S/C16H17N3O4/c20-15(21)8-12-6-7-13-14(9-17-18-13)19(12)16(22)23-10-11-4-2-1-3-5-11/h1-5,9,12H,6-8,10H2,(H,17,18)(H,20,21). The van der Waals surface area contributed by atoms with Gasteiger partial charge in [-0.3, -0.25) is 14.8 Å². The molecule has 1 atom stereocenters. The predicted molar refractivity (Wildman–Crippen MR) is 82.1 cm³/mol. The van der Waals surface area contributed by atoms with Crippen molar-refractivity contribution in [2.24, 2.45) is 0 Å². The number of carboxylic acids is 1. The lowest BCUT2D eigenvalue weighted by atomic mass is 9.99. The van der Waals surface area contributed by atoms with Crippen LogP contribution in [-0.4, -0.2) is 33.4 Å². The number of aryl methyl sites for hydroxylation is 1. The molecule has 0 saturated carbocycles. The van der Waals surface area contributed by atoms with Crippen LogP contribution in [0.5, 0.6) is 0 Å². The number of amides is 1. The summed E-state index contributed by atoms with van der Waals surface area (Å²) in [5.74, 6) is -0.942. The molecule has 7 heteroatoms. The van der Waals surface area contributed by atoms with Crippen LogP contribution in [0, 0.1) is 0 Å². The highest BCUT2D eigenvalue weighted by molar-refractivity contribution is 5.90. The summed E-state index contributed by atoms with van der Waals surface area (Å²) in [7, 11) is 0. The summed E-state index contributed by atoms with van der Waals surface area (Å²) in [4.78, 5) is 25.0. The fourth-order valence-corrected chi connectivity index (χ4v) is 2.77. The van der Waals surface area contributed by atoms with Crippen LogP contribution in [0.4, 0.5) is 10.5 Å². The van der Waals surface area contributed by atoms with Gasteiger partial charge < -0.3 is 9.84 Å². The second-order valence-corrected chi connectivity index (χ2v) is 5.43. The van der Waals surface area contributed by atoms with Gasteiger partial charge >= 0.3 is 12.1 Å². The van der Waals surface area contributed by atoms with Crippen molar-refractivity contribution < 1.29 is 19.4 Å². The number of H-pyrrole nitrogens is 1. The zero-order chi connectivity index (χ0) is 16.2. The van der Waals surface area contributed by atoms with E-state index in [1.807, 2.05) is 30.3 Å². The fraction of sp³-hybridized carbons (Fsp3) is 0.312. The van der Waals surface area contributed by atoms with E-state index in [1.54, 1.807) is 0 Å². The number of aromatic amines is 1. The van der Waals surface area contributed by atoms with E-state index in [-0.39, 0.29) is 13.0 Å². The zero-order valence-electron chi connectivity index (χ0n) is 12.4. The largest absolute Gasteiger partial charge is 0.481 e. The molecule has 23 heavy (non-hydrogen) atoms. The third kappa shape index (κ3) is 3.33. The van der Waals surface area contributed by atoms with E-state index in [9.17, 15) is 9.59 Å². The minimum absolute atomic E-state index is 0.120. The first kappa shape index (κ1) is 15.1. The summed E-state index contributed by atoms with van der Waals surface area (Å²) >= 11 is 0. The van der Waals surface area contributed by atoms with E-state index < -0.39 is 18.1 Å². The number of hydrogen-bond donors (Lipinski definition) is 2. The Hall–Kier alpha value is -2.83. The molecule has 1 aliphatic rings. The van der Waals surface area contributed by atoms with Gasteiger partial charge in [-0.1, -0.05) is 30.3 Å². The maximum absolute atomic E-state index is 12.5. The number of fused-ring (bicyclic) bond motifs is 1. The van der Waals surface area contributed by atoms with Crippen LogP contribution in [0.1, 0.15) is 24.1 Å². The molecular weight excluding hydrogens is 298 g/mol. The number of ether oxygens (including phenoxy) is 1. The van der Waals surface area contributed by atoms with Crippen molar-refractivity contribution in [3.05, 3.63) is 47.8 Å². The van der Waals surface area contributed by atoms with Crippen LogP contribution >= 0.6 is 0 Å². The number of aromatic nitrogens is 2. The van der Waals surface area contributed by atoms with Gasteiger partial charge in [-0.2, -0.15) is 5.10 Å². The van der Waals surface area contributed by atoms with Crippen molar-refractivity contribution in [2.45, 2.75) is 31.9 Å². The van der Waals surface area contributed by atoms with Crippen LogP contribution in [0.25, 0.3) is 0 Å². The Morgan fingerprint density at radius 1 is 1.35 bits per heavy atom. The van der Waals surface area contributed by atoms with Crippen LogP contribution in [0.3, 0.4) is 0 Å². The van der Waals surface area contributed by atoms with E-state index in [1.165, 1.54) is 11.1 Å². The normalized spacial score (nSPS) is 16.7. The quantitative estimate of drug-likeness (QED) is 0.903. The molecule has 1 aromatic carbocycles. The van der Waals surface area contributed by atoms with Gasteiger partial charge in [0, 0.05) is 0 Å². The number of rotatable bonds is 4. The van der Waals surface area contributed by atoms with Crippen LogP contribution < -0.4 is 4.90 Å². The van der Waals surface area contributed by atoms with E-state index in [0.717, 1.165) is 11.3 Å². The predicted octanol–water partition coefficient (Wildman–Crippen LogP) is 2.34. The molecule has 2 heterocycles. The Bertz CT molecular complexity index is 698. The highest BCUT2D eigenvalue weighted by Gasteiger charge is 2.34. The van der Waals surface area contributed by atoms with Crippen LogP contribution in [-0.2, 0) is 22.6 Å². The second-order valence-electron chi connectivity index (χ2n) is 5.43. The maximum atomic E-state index is 12.5. The highest BCUT2D eigenvalue weighted by atomic mass is 16.6. The summed E-state index contributed by atoms with van der Waals surface area (Å²) in [6, 6.07) is 8.91. The average molecular weight is 315 g/mol. The maximum Gasteiger partial charge on any atom is 0.415 e. The Labute approximate surface area is 132 Å².